The largest absolute Gasteiger partial charge is 0.469 e. The molecule has 0 unspecified atom stereocenters. The lowest BCUT2D eigenvalue weighted by molar-refractivity contribution is -0.147. The van der Waals surface area contributed by atoms with Crippen molar-refractivity contribution >= 4 is 5.97 Å². The van der Waals surface area contributed by atoms with Crippen LogP contribution in [0.2, 0.25) is 0 Å². The smallest absolute Gasteiger partial charge is 0.308 e. The number of likely N-dealkylation sites (tertiary alicyclic amines) is 1. The molecule has 1 heterocycles. The summed E-state index contributed by atoms with van der Waals surface area (Å²) in [6.07, 6.45) is 1.48. The number of benzene rings is 1. The van der Waals surface area contributed by atoms with Crippen LogP contribution in [0.1, 0.15) is 24.0 Å². The summed E-state index contributed by atoms with van der Waals surface area (Å²) in [5.74, 6) is -0.546. The molecule has 20 heavy (non-hydrogen) atoms. The van der Waals surface area contributed by atoms with Crippen LogP contribution in [0.15, 0.2) is 18.2 Å². The molecule has 106 valence electrons. The van der Waals surface area contributed by atoms with Crippen LogP contribution in [-0.4, -0.2) is 31.1 Å². The van der Waals surface area contributed by atoms with Crippen LogP contribution < -0.4 is 0 Å². The molecule has 0 aromatic heterocycles. The Morgan fingerprint density at radius 3 is 2.75 bits per heavy atom. The summed E-state index contributed by atoms with van der Waals surface area (Å²) in [6.45, 7) is 2.00. The third-order valence-corrected chi connectivity index (χ3v) is 3.70. The molecule has 0 amide bonds. The van der Waals surface area contributed by atoms with E-state index in [0.717, 1.165) is 25.9 Å². The van der Waals surface area contributed by atoms with E-state index in [-0.39, 0.29) is 17.7 Å². The molecule has 2 rings (SSSR count). The Morgan fingerprint density at radius 2 is 2.20 bits per heavy atom. The predicted molar refractivity (Wildman–Crippen MR) is 71.1 cm³/mol. The molecule has 1 aromatic rings. The highest BCUT2D eigenvalue weighted by atomic mass is 19.1. The second-order valence-corrected chi connectivity index (χ2v) is 4.99. The van der Waals surface area contributed by atoms with Gasteiger partial charge in [-0.2, -0.15) is 5.26 Å². The van der Waals surface area contributed by atoms with E-state index >= 15 is 0 Å². The summed E-state index contributed by atoms with van der Waals surface area (Å²) in [5, 5.41) is 8.71. The second-order valence-electron chi connectivity index (χ2n) is 4.99. The minimum Gasteiger partial charge on any atom is -0.469 e. The fourth-order valence-electron chi connectivity index (χ4n) is 2.48. The van der Waals surface area contributed by atoms with Crippen molar-refractivity contribution in [2.24, 2.45) is 5.92 Å². The monoisotopic (exact) mass is 276 g/mol. The molecule has 1 aromatic carbocycles. The van der Waals surface area contributed by atoms with Gasteiger partial charge in [0.25, 0.3) is 0 Å². The highest BCUT2D eigenvalue weighted by Crippen LogP contribution is 2.21. The zero-order valence-electron chi connectivity index (χ0n) is 11.4. The van der Waals surface area contributed by atoms with Gasteiger partial charge in [0.2, 0.25) is 0 Å². The van der Waals surface area contributed by atoms with Gasteiger partial charge < -0.3 is 4.74 Å². The number of methoxy groups -OCH3 is 1. The first-order chi connectivity index (χ1) is 9.63. The number of hydrogen-bond acceptors (Lipinski definition) is 4. The summed E-state index contributed by atoms with van der Waals surface area (Å²) in [5.41, 5.74) is 0.913. The number of ether oxygens (including phenoxy) is 1. The molecule has 0 radical (unpaired) electrons. The van der Waals surface area contributed by atoms with Gasteiger partial charge in [-0.05, 0) is 38.1 Å². The maximum absolute atomic E-state index is 13.8. The molecule has 0 bridgehead atoms. The lowest BCUT2D eigenvalue weighted by atomic mass is 9.96. The first kappa shape index (κ1) is 14.5. The first-order valence-corrected chi connectivity index (χ1v) is 6.62. The Kier molecular flexibility index (Phi) is 4.70. The Morgan fingerprint density at radius 1 is 1.50 bits per heavy atom. The van der Waals surface area contributed by atoms with Gasteiger partial charge in [0.15, 0.2) is 0 Å². The normalized spacial score (nSPS) is 16.6. The Balaban J connectivity index is 1.93. The molecule has 0 spiro atoms. The summed E-state index contributed by atoms with van der Waals surface area (Å²) >= 11 is 0. The SMILES string of the molecule is COC(=O)C1CCN(Cc2ccc(C#N)cc2F)CC1. The third kappa shape index (κ3) is 3.34. The van der Waals surface area contributed by atoms with E-state index in [1.807, 2.05) is 6.07 Å². The van der Waals surface area contributed by atoms with Crippen LogP contribution in [0.3, 0.4) is 0 Å². The number of halogens is 1. The average molecular weight is 276 g/mol. The van der Waals surface area contributed by atoms with Gasteiger partial charge in [0.1, 0.15) is 5.82 Å². The zero-order valence-corrected chi connectivity index (χ0v) is 11.4. The molecule has 1 fully saturated rings. The fourth-order valence-corrected chi connectivity index (χ4v) is 2.48. The number of carbonyl (C=O) groups excluding carboxylic acids is 1. The van der Waals surface area contributed by atoms with E-state index in [9.17, 15) is 9.18 Å². The molecular weight excluding hydrogens is 259 g/mol. The van der Waals surface area contributed by atoms with Gasteiger partial charge in [-0.3, -0.25) is 9.69 Å². The van der Waals surface area contributed by atoms with E-state index in [4.69, 9.17) is 10.00 Å². The van der Waals surface area contributed by atoms with Gasteiger partial charge in [0, 0.05) is 12.1 Å². The van der Waals surface area contributed by atoms with Crippen LogP contribution in [0.4, 0.5) is 4.39 Å². The number of nitrogens with zero attached hydrogens (tertiary/aromatic N) is 2. The maximum atomic E-state index is 13.8. The number of carbonyl (C=O) groups is 1. The van der Waals surface area contributed by atoms with Crippen molar-refractivity contribution in [1.82, 2.24) is 4.90 Å². The highest BCUT2D eigenvalue weighted by Gasteiger charge is 2.25. The first-order valence-electron chi connectivity index (χ1n) is 6.62. The number of nitriles is 1. The van der Waals surface area contributed by atoms with E-state index in [0.29, 0.717) is 17.7 Å². The number of piperidine rings is 1. The Labute approximate surface area is 117 Å². The lowest BCUT2D eigenvalue weighted by Crippen LogP contribution is -2.36. The average Bonchev–Trinajstić information content (AvgIpc) is 2.49. The highest BCUT2D eigenvalue weighted by molar-refractivity contribution is 5.72. The van der Waals surface area contributed by atoms with Gasteiger partial charge in [0.05, 0.1) is 24.7 Å². The van der Waals surface area contributed by atoms with Crippen molar-refractivity contribution in [3.05, 3.63) is 35.1 Å². The summed E-state index contributed by atoms with van der Waals surface area (Å²) in [4.78, 5) is 13.5. The third-order valence-electron chi connectivity index (χ3n) is 3.70. The summed E-state index contributed by atoms with van der Waals surface area (Å²) in [6, 6.07) is 6.46. The van der Waals surface area contributed by atoms with Gasteiger partial charge in [-0.25, -0.2) is 4.39 Å². The van der Waals surface area contributed by atoms with E-state index in [2.05, 4.69) is 4.90 Å². The molecule has 0 saturated carbocycles. The zero-order chi connectivity index (χ0) is 14.5. The molecule has 0 aliphatic carbocycles. The van der Waals surface area contributed by atoms with E-state index in [1.54, 1.807) is 12.1 Å². The topological polar surface area (TPSA) is 53.3 Å². The molecule has 5 heteroatoms. The van der Waals surface area contributed by atoms with Gasteiger partial charge >= 0.3 is 5.97 Å². The maximum Gasteiger partial charge on any atom is 0.308 e. The molecule has 1 aliphatic rings. The van der Waals surface area contributed by atoms with Crippen LogP contribution in [0.5, 0.6) is 0 Å². The van der Waals surface area contributed by atoms with Gasteiger partial charge in [-0.1, -0.05) is 6.07 Å². The van der Waals surface area contributed by atoms with E-state index in [1.165, 1.54) is 13.2 Å². The number of rotatable bonds is 3. The van der Waals surface area contributed by atoms with Crippen molar-refractivity contribution in [2.45, 2.75) is 19.4 Å². The summed E-state index contributed by atoms with van der Waals surface area (Å²) in [7, 11) is 1.40. The quantitative estimate of drug-likeness (QED) is 0.793. The fraction of sp³-hybridized carbons (Fsp3) is 0.467. The van der Waals surface area contributed by atoms with Crippen molar-refractivity contribution in [1.29, 1.82) is 5.26 Å². The van der Waals surface area contributed by atoms with Crippen LogP contribution >= 0.6 is 0 Å². The van der Waals surface area contributed by atoms with Crippen molar-refractivity contribution in [3.8, 4) is 6.07 Å². The van der Waals surface area contributed by atoms with Crippen molar-refractivity contribution in [3.63, 3.8) is 0 Å². The second kappa shape index (κ2) is 6.49. The van der Waals surface area contributed by atoms with Crippen molar-refractivity contribution < 1.29 is 13.9 Å². The lowest BCUT2D eigenvalue weighted by Gasteiger charge is -2.30. The molecule has 0 atom stereocenters. The minimum absolute atomic E-state index is 0.0398. The van der Waals surface area contributed by atoms with Crippen LogP contribution in [-0.2, 0) is 16.1 Å². The van der Waals surface area contributed by atoms with E-state index < -0.39 is 0 Å². The number of hydrogen-bond donors (Lipinski definition) is 0. The standard InChI is InChI=1S/C15H17FN2O2/c1-20-15(19)12-4-6-18(7-5-12)10-13-3-2-11(9-17)8-14(13)16/h2-3,8,12H,4-7,10H2,1H3. The predicted octanol–water partition coefficient (Wildman–Crippen LogP) is 2.08. The molecule has 1 saturated heterocycles. The van der Waals surface area contributed by atoms with Crippen LogP contribution in [0, 0.1) is 23.1 Å². The Hall–Kier alpha value is -1.93. The molecule has 0 N–H and O–H groups in total. The number of esters is 1. The summed E-state index contributed by atoms with van der Waals surface area (Å²) < 4.78 is 18.5. The molecular formula is C15H17FN2O2. The minimum atomic E-state index is -0.348. The van der Waals surface area contributed by atoms with Crippen LogP contribution in [0.25, 0.3) is 0 Å². The molecule has 1 aliphatic heterocycles. The van der Waals surface area contributed by atoms with Gasteiger partial charge in [-0.15, -0.1) is 0 Å². The van der Waals surface area contributed by atoms with Crippen molar-refractivity contribution in [2.75, 3.05) is 20.2 Å². The molecule has 4 nitrogen and oxygen atoms in total. The Bertz CT molecular complexity index is 531.